The maximum atomic E-state index is 12.6. The first-order valence-corrected chi connectivity index (χ1v) is 8.17. The quantitative estimate of drug-likeness (QED) is 0.575. The molecule has 0 radical (unpaired) electrons. The van der Waals surface area contributed by atoms with Crippen molar-refractivity contribution in [3.63, 3.8) is 0 Å². The number of hydrogen-bond acceptors (Lipinski definition) is 5. The number of rotatable bonds is 3. The van der Waals surface area contributed by atoms with Gasteiger partial charge in [0, 0.05) is 16.5 Å². The summed E-state index contributed by atoms with van der Waals surface area (Å²) < 4.78 is 6.70. The van der Waals surface area contributed by atoms with Crippen molar-refractivity contribution in [2.75, 3.05) is 7.11 Å². The van der Waals surface area contributed by atoms with Crippen LogP contribution in [0.3, 0.4) is 0 Å². The normalized spacial score (nSPS) is 10.9. The van der Waals surface area contributed by atoms with E-state index in [4.69, 9.17) is 4.74 Å². The van der Waals surface area contributed by atoms with Crippen LogP contribution in [-0.4, -0.2) is 21.7 Å². The molecule has 0 fully saturated rings. The van der Waals surface area contributed by atoms with Crippen molar-refractivity contribution in [2.24, 2.45) is 0 Å². The molecule has 0 N–H and O–H groups in total. The van der Waals surface area contributed by atoms with Gasteiger partial charge in [-0.3, -0.25) is 4.79 Å². The molecular weight excluding hydrogens is 322 g/mol. The molecule has 0 unspecified atom stereocenters. The van der Waals surface area contributed by atoms with Gasteiger partial charge in [-0.25, -0.2) is 4.40 Å². The highest BCUT2D eigenvalue weighted by Crippen LogP contribution is 2.27. The third kappa shape index (κ3) is 2.47. The fraction of sp³-hybridized carbons (Fsp3) is 0.0556. The highest BCUT2D eigenvalue weighted by molar-refractivity contribution is 7.19. The molecule has 0 saturated heterocycles. The minimum Gasteiger partial charge on any atom is -0.497 e. The molecule has 4 rings (SSSR count). The predicted molar refractivity (Wildman–Crippen MR) is 94.6 cm³/mol. The molecular formula is C18H13N3O2S. The fourth-order valence-electron chi connectivity index (χ4n) is 2.51. The molecule has 6 heteroatoms. The summed E-state index contributed by atoms with van der Waals surface area (Å²) in [7, 11) is 1.62. The predicted octanol–water partition coefficient (Wildman–Crippen LogP) is 3.49. The maximum absolute atomic E-state index is 12.6. The first-order chi connectivity index (χ1) is 11.8. The van der Waals surface area contributed by atoms with Gasteiger partial charge in [-0.1, -0.05) is 41.7 Å². The van der Waals surface area contributed by atoms with E-state index in [2.05, 4.69) is 10.2 Å². The van der Waals surface area contributed by atoms with E-state index in [9.17, 15) is 4.79 Å². The summed E-state index contributed by atoms with van der Waals surface area (Å²) in [5.74, 6) is 1.29. The van der Waals surface area contributed by atoms with E-state index < -0.39 is 0 Å². The Labute approximate surface area is 141 Å². The summed E-state index contributed by atoms with van der Waals surface area (Å²) >= 11 is 1.44. The summed E-state index contributed by atoms with van der Waals surface area (Å²) in [6, 6.07) is 18.8. The van der Waals surface area contributed by atoms with Crippen LogP contribution in [0.4, 0.5) is 0 Å². The number of methoxy groups -OCH3 is 1. The Morgan fingerprint density at radius 2 is 1.71 bits per heavy atom. The second-order valence-corrected chi connectivity index (χ2v) is 6.19. The van der Waals surface area contributed by atoms with Gasteiger partial charge in [0.15, 0.2) is 5.82 Å². The molecule has 0 spiro atoms. The maximum Gasteiger partial charge on any atom is 0.260 e. The monoisotopic (exact) mass is 335 g/mol. The molecule has 24 heavy (non-hydrogen) atoms. The molecule has 5 nitrogen and oxygen atoms in total. The van der Waals surface area contributed by atoms with E-state index in [1.165, 1.54) is 11.3 Å². The van der Waals surface area contributed by atoms with Gasteiger partial charge in [-0.05, 0) is 29.8 Å². The standard InChI is InChI=1S/C18H13N3O2S/c1-23-14-9-7-13(8-10-14)17-19-20-18-21(17)16(22)11-15(24-18)12-5-3-2-4-6-12/h2-11H,1H3. The summed E-state index contributed by atoms with van der Waals surface area (Å²) in [5.41, 5.74) is 1.68. The average Bonchev–Trinajstić information content (AvgIpc) is 3.07. The van der Waals surface area contributed by atoms with Gasteiger partial charge >= 0.3 is 0 Å². The van der Waals surface area contributed by atoms with Crippen molar-refractivity contribution in [1.29, 1.82) is 0 Å². The minimum absolute atomic E-state index is 0.140. The van der Waals surface area contributed by atoms with Crippen molar-refractivity contribution >= 4 is 16.3 Å². The summed E-state index contributed by atoms with van der Waals surface area (Å²) in [6.07, 6.45) is 0. The molecule has 2 aromatic heterocycles. The lowest BCUT2D eigenvalue weighted by Gasteiger charge is -2.03. The van der Waals surface area contributed by atoms with Crippen LogP contribution < -0.4 is 10.3 Å². The molecule has 0 amide bonds. The van der Waals surface area contributed by atoms with Gasteiger partial charge in [-0.2, -0.15) is 0 Å². The molecule has 0 aliphatic rings. The topological polar surface area (TPSA) is 56.5 Å². The van der Waals surface area contributed by atoms with E-state index in [-0.39, 0.29) is 5.56 Å². The molecule has 2 heterocycles. The molecule has 4 aromatic rings. The van der Waals surface area contributed by atoms with Gasteiger partial charge in [0.1, 0.15) is 5.75 Å². The average molecular weight is 335 g/mol. The second kappa shape index (κ2) is 5.90. The number of benzene rings is 2. The first kappa shape index (κ1) is 14.6. The molecule has 0 aliphatic carbocycles. The third-order valence-electron chi connectivity index (χ3n) is 3.72. The van der Waals surface area contributed by atoms with Gasteiger partial charge in [0.2, 0.25) is 4.96 Å². The van der Waals surface area contributed by atoms with Crippen LogP contribution in [0.15, 0.2) is 65.5 Å². The van der Waals surface area contributed by atoms with Gasteiger partial charge in [0.25, 0.3) is 5.56 Å². The summed E-state index contributed by atoms with van der Waals surface area (Å²) in [5, 5.41) is 8.38. The van der Waals surface area contributed by atoms with Crippen LogP contribution in [0, 0.1) is 0 Å². The van der Waals surface area contributed by atoms with Crippen LogP contribution >= 0.6 is 11.3 Å². The van der Waals surface area contributed by atoms with Crippen molar-refractivity contribution in [3.05, 3.63) is 71.0 Å². The molecule has 0 aliphatic heterocycles. The lowest BCUT2D eigenvalue weighted by atomic mass is 10.2. The Morgan fingerprint density at radius 1 is 0.958 bits per heavy atom. The number of ether oxygens (including phenoxy) is 1. The summed E-state index contributed by atoms with van der Waals surface area (Å²) in [6.45, 7) is 0. The third-order valence-corrected chi connectivity index (χ3v) is 4.74. The van der Waals surface area contributed by atoms with Gasteiger partial charge in [-0.15, -0.1) is 10.2 Å². The zero-order valence-corrected chi connectivity index (χ0v) is 13.7. The van der Waals surface area contributed by atoms with Crippen LogP contribution in [0.2, 0.25) is 0 Å². The van der Waals surface area contributed by atoms with Crippen molar-refractivity contribution in [2.45, 2.75) is 0 Å². The Morgan fingerprint density at radius 3 is 2.42 bits per heavy atom. The smallest absolute Gasteiger partial charge is 0.260 e. The Balaban J connectivity index is 1.86. The SMILES string of the molecule is COc1ccc(-c2nnc3sc(-c4ccccc4)cc(=O)n23)cc1. The number of aromatic nitrogens is 3. The van der Waals surface area contributed by atoms with Crippen LogP contribution in [0.5, 0.6) is 5.75 Å². The lowest BCUT2D eigenvalue weighted by molar-refractivity contribution is 0.415. The molecule has 0 atom stereocenters. The zero-order chi connectivity index (χ0) is 16.5. The number of fused-ring (bicyclic) bond motifs is 1. The highest BCUT2D eigenvalue weighted by atomic mass is 32.1. The minimum atomic E-state index is -0.140. The van der Waals surface area contributed by atoms with E-state index in [0.717, 1.165) is 21.8 Å². The zero-order valence-electron chi connectivity index (χ0n) is 12.8. The van der Waals surface area contributed by atoms with Gasteiger partial charge < -0.3 is 4.74 Å². The fourth-order valence-corrected chi connectivity index (χ4v) is 3.47. The van der Waals surface area contributed by atoms with Crippen LogP contribution in [0.1, 0.15) is 0 Å². The Kier molecular flexibility index (Phi) is 3.59. The van der Waals surface area contributed by atoms with E-state index in [1.807, 2.05) is 54.6 Å². The van der Waals surface area contributed by atoms with Crippen LogP contribution in [-0.2, 0) is 0 Å². The first-order valence-electron chi connectivity index (χ1n) is 7.35. The largest absolute Gasteiger partial charge is 0.497 e. The number of nitrogens with zero attached hydrogens (tertiary/aromatic N) is 3. The second-order valence-electron chi connectivity index (χ2n) is 5.19. The lowest BCUT2D eigenvalue weighted by Crippen LogP contribution is -2.11. The van der Waals surface area contributed by atoms with E-state index in [1.54, 1.807) is 17.6 Å². The van der Waals surface area contributed by atoms with Crippen molar-refractivity contribution in [3.8, 4) is 27.6 Å². The van der Waals surface area contributed by atoms with Crippen LogP contribution in [0.25, 0.3) is 26.8 Å². The molecule has 2 aromatic carbocycles. The number of hydrogen-bond donors (Lipinski definition) is 0. The van der Waals surface area contributed by atoms with Gasteiger partial charge in [0.05, 0.1) is 7.11 Å². The highest BCUT2D eigenvalue weighted by Gasteiger charge is 2.13. The molecule has 118 valence electrons. The molecule has 0 bridgehead atoms. The Bertz CT molecular complexity index is 1050. The van der Waals surface area contributed by atoms with Crippen molar-refractivity contribution < 1.29 is 4.74 Å². The van der Waals surface area contributed by atoms with Crippen molar-refractivity contribution in [1.82, 2.24) is 14.6 Å². The molecule has 0 saturated carbocycles. The Hall–Kier alpha value is -2.99. The summed E-state index contributed by atoms with van der Waals surface area (Å²) in [4.78, 5) is 14.1. The van der Waals surface area contributed by atoms with E-state index >= 15 is 0 Å². The van der Waals surface area contributed by atoms with E-state index in [0.29, 0.717) is 10.8 Å².